The molecular weight excluding hydrogens is 870 g/mol. The lowest BCUT2D eigenvalue weighted by molar-refractivity contribution is -0.870. The third-order valence-corrected chi connectivity index (χ3v) is 14.3. The van der Waals surface area contributed by atoms with Crippen LogP contribution in [0.25, 0.3) is 0 Å². The quantitative estimate of drug-likeness (QED) is 0.0211. The molecule has 404 valence electrons. The highest BCUT2D eigenvalue weighted by Gasteiger charge is 2.27. The van der Waals surface area contributed by atoms with Crippen molar-refractivity contribution in [3.8, 4) is 0 Å². The summed E-state index contributed by atoms with van der Waals surface area (Å²) >= 11 is 0. The third-order valence-electron chi connectivity index (χ3n) is 13.3. The summed E-state index contributed by atoms with van der Waals surface area (Å²) in [7, 11) is 1.49. The second-order valence-electron chi connectivity index (χ2n) is 21.4. The first-order valence-corrected chi connectivity index (χ1v) is 30.9. The number of carbonyl (C=O) groups excluding carboxylic acids is 2. The van der Waals surface area contributed by atoms with Gasteiger partial charge in [0, 0.05) is 12.8 Å². The minimum absolute atomic E-state index is 0.0359. The van der Waals surface area contributed by atoms with E-state index in [9.17, 15) is 19.0 Å². The maximum absolute atomic E-state index is 12.7. The zero-order chi connectivity index (χ0) is 49.9. The first kappa shape index (κ1) is 66.8. The van der Waals surface area contributed by atoms with Crippen LogP contribution in [0.15, 0.2) is 12.2 Å². The number of nitrogens with zero attached hydrogens (tertiary/aromatic N) is 1. The Morgan fingerprint density at radius 2 is 0.750 bits per heavy atom. The second kappa shape index (κ2) is 50.7. The van der Waals surface area contributed by atoms with Gasteiger partial charge in [0.15, 0.2) is 6.10 Å². The van der Waals surface area contributed by atoms with Crippen LogP contribution in [-0.2, 0) is 32.7 Å². The normalized spacial score (nSPS) is 13.3. The van der Waals surface area contributed by atoms with Gasteiger partial charge in [-0.05, 0) is 38.5 Å². The van der Waals surface area contributed by atoms with Gasteiger partial charge in [0.05, 0.1) is 27.7 Å². The van der Waals surface area contributed by atoms with E-state index in [0.717, 1.165) is 38.5 Å². The zero-order valence-electron chi connectivity index (χ0n) is 45.9. The second-order valence-corrected chi connectivity index (χ2v) is 22.8. The SMILES string of the molecule is CCCCCCCCCC/C=C\CCCCCCCCCCCCCCCCCCCCCCCCCCCC(=O)OC(COC(=O)CCCCCCCCC)COP(=O)(O)OCC[N+](C)(C)C. The number of likely N-dealkylation sites (N-methyl/N-ethyl adjacent to an activating group) is 1. The molecule has 0 aromatic heterocycles. The number of unbranched alkanes of at least 4 members (excludes halogenated alkanes) is 39. The number of rotatable bonds is 55. The van der Waals surface area contributed by atoms with Gasteiger partial charge in [0.25, 0.3) is 0 Å². The van der Waals surface area contributed by atoms with Gasteiger partial charge in [0.2, 0.25) is 0 Å². The van der Waals surface area contributed by atoms with Crippen molar-refractivity contribution < 1.29 is 42.1 Å². The summed E-state index contributed by atoms with van der Waals surface area (Å²) in [6.45, 7) is 4.42. The summed E-state index contributed by atoms with van der Waals surface area (Å²) in [6, 6.07) is 0. The Hall–Kier alpha value is -1.25. The van der Waals surface area contributed by atoms with E-state index in [1.807, 2.05) is 21.1 Å². The maximum Gasteiger partial charge on any atom is 0.472 e. The number of allylic oxidation sites excluding steroid dienone is 2. The molecule has 0 fully saturated rings. The van der Waals surface area contributed by atoms with Crippen LogP contribution in [0.4, 0.5) is 0 Å². The zero-order valence-corrected chi connectivity index (χ0v) is 46.8. The molecule has 0 aliphatic rings. The van der Waals surface area contributed by atoms with Crippen molar-refractivity contribution in [3.05, 3.63) is 12.2 Å². The number of carbonyl (C=O) groups is 2. The molecule has 0 spiro atoms. The Bertz CT molecular complexity index is 1160. The summed E-state index contributed by atoms with van der Waals surface area (Å²) in [5.41, 5.74) is 0. The molecule has 0 aromatic rings. The molecule has 0 radical (unpaired) electrons. The van der Waals surface area contributed by atoms with Crippen LogP contribution in [0.3, 0.4) is 0 Å². The van der Waals surface area contributed by atoms with E-state index in [1.54, 1.807) is 0 Å². The molecule has 68 heavy (non-hydrogen) atoms. The third kappa shape index (κ3) is 54.1. The fourth-order valence-corrected chi connectivity index (χ4v) is 9.46. The van der Waals surface area contributed by atoms with E-state index >= 15 is 0 Å². The van der Waals surface area contributed by atoms with E-state index in [-0.39, 0.29) is 25.6 Å². The Kier molecular flexibility index (Phi) is 49.8. The molecule has 2 unspecified atom stereocenters. The molecule has 0 heterocycles. The van der Waals surface area contributed by atoms with Gasteiger partial charge < -0.3 is 18.9 Å². The molecule has 0 saturated heterocycles. The van der Waals surface area contributed by atoms with Crippen LogP contribution < -0.4 is 0 Å². The summed E-state index contributed by atoms with van der Waals surface area (Å²) < 4.78 is 34.3. The topological polar surface area (TPSA) is 108 Å². The lowest BCUT2D eigenvalue weighted by Gasteiger charge is -2.24. The van der Waals surface area contributed by atoms with Crippen LogP contribution in [-0.4, -0.2) is 74.9 Å². The van der Waals surface area contributed by atoms with Gasteiger partial charge in [-0.3, -0.25) is 18.6 Å². The van der Waals surface area contributed by atoms with E-state index in [1.165, 1.54) is 231 Å². The first-order chi connectivity index (χ1) is 33.0. The van der Waals surface area contributed by atoms with Crippen LogP contribution in [0.2, 0.25) is 0 Å². The van der Waals surface area contributed by atoms with E-state index in [0.29, 0.717) is 17.4 Å². The maximum atomic E-state index is 12.7. The Labute approximate surface area is 422 Å². The summed E-state index contributed by atoms with van der Waals surface area (Å²) in [6.07, 6.45) is 59.2. The molecular formula is C58H115NO8P+. The first-order valence-electron chi connectivity index (χ1n) is 29.4. The fourth-order valence-electron chi connectivity index (χ4n) is 8.72. The van der Waals surface area contributed by atoms with Crippen molar-refractivity contribution in [1.29, 1.82) is 0 Å². The summed E-state index contributed by atoms with van der Waals surface area (Å²) in [4.78, 5) is 35.3. The largest absolute Gasteiger partial charge is 0.472 e. The number of phosphoric ester groups is 1. The summed E-state index contributed by atoms with van der Waals surface area (Å²) in [5.74, 6) is -0.789. The monoisotopic (exact) mass is 985 g/mol. The number of esters is 2. The van der Waals surface area contributed by atoms with Crippen molar-refractivity contribution in [1.82, 2.24) is 0 Å². The molecule has 9 nitrogen and oxygen atoms in total. The van der Waals surface area contributed by atoms with Crippen molar-refractivity contribution in [2.24, 2.45) is 0 Å². The highest BCUT2D eigenvalue weighted by atomic mass is 31.2. The van der Waals surface area contributed by atoms with E-state index in [2.05, 4.69) is 26.0 Å². The molecule has 0 bridgehead atoms. The minimum Gasteiger partial charge on any atom is -0.462 e. The van der Waals surface area contributed by atoms with Crippen molar-refractivity contribution >= 4 is 19.8 Å². The van der Waals surface area contributed by atoms with Crippen molar-refractivity contribution in [3.63, 3.8) is 0 Å². The number of quaternary nitrogens is 1. The van der Waals surface area contributed by atoms with Gasteiger partial charge in [-0.2, -0.15) is 0 Å². The predicted molar refractivity (Wildman–Crippen MR) is 289 cm³/mol. The Morgan fingerprint density at radius 1 is 0.441 bits per heavy atom. The van der Waals surface area contributed by atoms with Crippen LogP contribution >= 0.6 is 7.82 Å². The average Bonchev–Trinajstić information content (AvgIpc) is 3.30. The standard InChI is InChI=1S/C58H114NO8P/c1-6-8-10-12-14-15-16-17-18-19-20-21-22-23-24-25-26-27-28-29-30-31-32-33-34-35-36-37-38-39-40-41-42-43-45-47-49-51-58(61)67-56(55-66-68(62,63)65-53-52-59(3,4)5)54-64-57(60)50-48-46-44-13-11-9-7-2/h19-20,56H,6-18,21-55H2,1-5H3/p+1/b20-19-. The fraction of sp³-hybridized carbons (Fsp3) is 0.931. The molecule has 0 amide bonds. The number of phosphoric acid groups is 1. The molecule has 0 aliphatic carbocycles. The van der Waals surface area contributed by atoms with Crippen LogP contribution in [0.5, 0.6) is 0 Å². The van der Waals surface area contributed by atoms with Crippen molar-refractivity contribution in [2.75, 3.05) is 47.5 Å². The minimum atomic E-state index is -4.37. The van der Waals surface area contributed by atoms with Crippen molar-refractivity contribution in [2.45, 2.75) is 302 Å². The smallest absolute Gasteiger partial charge is 0.462 e. The highest BCUT2D eigenvalue weighted by molar-refractivity contribution is 7.47. The number of hydrogen-bond acceptors (Lipinski definition) is 7. The Morgan fingerprint density at radius 3 is 1.09 bits per heavy atom. The molecule has 1 N–H and O–H groups in total. The van der Waals surface area contributed by atoms with Crippen LogP contribution in [0, 0.1) is 0 Å². The van der Waals surface area contributed by atoms with E-state index < -0.39 is 26.5 Å². The van der Waals surface area contributed by atoms with Gasteiger partial charge in [-0.25, -0.2) is 4.57 Å². The van der Waals surface area contributed by atoms with Crippen LogP contribution in [0.1, 0.15) is 296 Å². The van der Waals surface area contributed by atoms with Gasteiger partial charge in [-0.1, -0.05) is 257 Å². The molecule has 0 saturated carbocycles. The average molecular weight is 986 g/mol. The van der Waals surface area contributed by atoms with Gasteiger partial charge in [0.1, 0.15) is 19.8 Å². The Balaban J connectivity index is 3.77. The molecule has 0 rings (SSSR count). The predicted octanol–water partition coefficient (Wildman–Crippen LogP) is 18.0. The number of hydrogen-bond donors (Lipinski definition) is 1. The lowest BCUT2D eigenvalue weighted by atomic mass is 10.0. The van der Waals surface area contributed by atoms with Gasteiger partial charge in [-0.15, -0.1) is 0 Å². The van der Waals surface area contributed by atoms with Gasteiger partial charge >= 0.3 is 19.8 Å². The molecule has 10 heteroatoms. The molecule has 0 aromatic carbocycles. The highest BCUT2D eigenvalue weighted by Crippen LogP contribution is 2.43. The molecule has 2 atom stereocenters. The molecule has 0 aliphatic heterocycles. The summed E-state index contributed by atoms with van der Waals surface area (Å²) in [5, 5.41) is 0. The van der Waals surface area contributed by atoms with E-state index in [4.69, 9.17) is 18.5 Å². The lowest BCUT2D eigenvalue weighted by Crippen LogP contribution is -2.37. The number of ether oxygens (including phenoxy) is 2.